The molecular weight excluding hydrogens is 294 g/mol. The van der Waals surface area contributed by atoms with Gasteiger partial charge in [0.1, 0.15) is 16.5 Å². The fourth-order valence-corrected chi connectivity index (χ4v) is 3.61. The summed E-state index contributed by atoms with van der Waals surface area (Å²) in [5.41, 5.74) is 2.33. The molecule has 5 heteroatoms. The molecule has 2 aromatic heterocycles. The third kappa shape index (κ3) is 2.69. The normalized spacial score (nSPS) is 11.0. The average Bonchev–Trinajstić information content (AvgIpc) is 2.96. The minimum absolute atomic E-state index is 0.114. The Bertz CT molecular complexity index is 770. The number of fused-ring (bicyclic) bond motifs is 1. The predicted molar refractivity (Wildman–Crippen MR) is 92.6 cm³/mol. The number of benzene rings is 1. The molecule has 4 nitrogen and oxygen atoms in total. The zero-order chi connectivity index (χ0) is 15.5. The largest absolute Gasteiger partial charge is 0.395 e. The first-order valence-electron chi connectivity index (χ1n) is 7.41. The summed E-state index contributed by atoms with van der Waals surface area (Å²) in [5, 5.41) is 12.5. The number of aromatic nitrogens is 2. The summed E-state index contributed by atoms with van der Waals surface area (Å²) in [5.74, 6) is 1.68. The van der Waals surface area contributed by atoms with E-state index < -0.39 is 0 Å². The van der Waals surface area contributed by atoms with E-state index in [4.69, 9.17) is 0 Å². The molecule has 0 radical (unpaired) electrons. The number of aliphatic hydroxyl groups excluding tert-OH is 1. The van der Waals surface area contributed by atoms with Crippen LogP contribution in [-0.4, -0.2) is 34.8 Å². The van der Waals surface area contributed by atoms with Crippen molar-refractivity contribution in [2.24, 2.45) is 0 Å². The quantitative estimate of drug-likeness (QED) is 0.783. The van der Waals surface area contributed by atoms with E-state index in [1.807, 2.05) is 25.1 Å². The highest BCUT2D eigenvalue weighted by Gasteiger charge is 2.17. The minimum atomic E-state index is 0.114. The Hall–Kier alpha value is -1.98. The van der Waals surface area contributed by atoms with E-state index in [0.717, 1.165) is 34.0 Å². The first-order chi connectivity index (χ1) is 10.7. The van der Waals surface area contributed by atoms with Crippen LogP contribution in [-0.2, 0) is 0 Å². The van der Waals surface area contributed by atoms with Crippen molar-refractivity contribution >= 4 is 27.4 Å². The van der Waals surface area contributed by atoms with Crippen LogP contribution in [0.2, 0.25) is 0 Å². The van der Waals surface area contributed by atoms with Crippen LogP contribution in [0, 0.1) is 6.92 Å². The topological polar surface area (TPSA) is 49.2 Å². The fourth-order valence-electron chi connectivity index (χ4n) is 2.62. The molecule has 1 N–H and O–H groups in total. The Kier molecular flexibility index (Phi) is 4.36. The molecule has 0 fully saturated rings. The van der Waals surface area contributed by atoms with Gasteiger partial charge in [-0.05, 0) is 19.4 Å². The van der Waals surface area contributed by atoms with E-state index in [0.29, 0.717) is 6.54 Å². The van der Waals surface area contributed by atoms with Gasteiger partial charge in [-0.25, -0.2) is 9.97 Å². The molecule has 0 saturated heterocycles. The number of anilines is 1. The second-order valence-electron chi connectivity index (χ2n) is 5.09. The highest BCUT2D eigenvalue weighted by molar-refractivity contribution is 7.17. The molecule has 0 aliphatic heterocycles. The first-order valence-corrected chi connectivity index (χ1v) is 8.29. The van der Waals surface area contributed by atoms with Crippen molar-refractivity contribution in [1.29, 1.82) is 0 Å². The molecular formula is C17H19N3OS. The number of aliphatic hydroxyl groups is 1. The summed E-state index contributed by atoms with van der Waals surface area (Å²) in [6, 6.07) is 10.3. The molecule has 0 aliphatic rings. The Morgan fingerprint density at radius 2 is 1.95 bits per heavy atom. The van der Waals surface area contributed by atoms with Crippen LogP contribution < -0.4 is 4.90 Å². The number of aryl methyl sites for hydroxylation is 1. The molecule has 0 spiro atoms. The molecule has 0 aliphatic carbocycles. The summed E-state index contributed by atoms with van der Waals surface area (Å²) in [6.07, 6.45) is 0. The molecule has 3 rings (SSSR count). The standard InChI is InChI=1S/C17H19N3OS/c1-3-20(9-10-21)16-15-14(13-7-5-4-6-8-13)11-22-17(15)19-12(2)18-16/h4-8,11,21H,3,9-10H2,1-2H3. The number of likely N-dealkylation sites (N-methyl/N-ethyl adjacent to an activating group) is 1. The van der Waals surface area contributed by atoms with Gasteiger partial charge < -0.3 is 10.0 Å². The molecule has 0 atom stereocenters. The van der Waals surface area contributed by atoms with Crippen LogP contribution in [0.5, 0.6) is 0 Å². The summed E-state index contributed by atoms with van der Waals surface area (Å²) < 4.78 is 0. The van der Waals surface area contributed by atoms with E-state index in [1.54, 1.807) is 11.3 Å². The van der Waals surface area contributed by atoms with Gasteiger partial charge >= 0.3 is 0 Å². The van der Waals surface area contributed by atoms with Crippen LogP contribution >= 0.6 is 11.3 Å². The van der Waals surface area contributed by atoms with Gasteiger partial charge in [0.05, 0.1) is 12.0 Å². The maximum Gasteiger partial charge on any atom is 0.141 e. The lowest BCUT2D eigenvalue weighted by atomic mass is 10.1. The molecule has 0 bridgehead atoms. The zero-order valence-electron chi connectivity index (χ0n) is 12.8. The fraction of sp³-hybridized carbons (Fsp3) is 0.294. The predicted octanol–water partition coefficient (Wildman–Crippen LogP) is 3.49. The molecule has 22 heavy (non-hydrogen) atoms. The van der Waals surface area contributed by atoms with E-state index in [9.17, 15) is 5.11 Å². The first kappa shape index (κ1) is 14.9. The van der Waals surface area contributed by atoms with E-state index in [2.05, 4.69) is 39.3 Å². The molecule has 3 aromatic rings. The molecule has 1 aromatic carbocycles. The highest BCUT2D eigenvalue weighted by atomic mass is 32.1. The maximum absolute atomic E-state index is 9.32. The Morgan fingerprint density at radius 1 is 1.18 bits per heavy atom. The van der Waals surface area contributed by atoms with Gasteiger partial charge in [0, 0.05) is 24.0 Å². The van der Waals surface area contributed by atoms with E-state index >= 15 is 0 Å². The molecule has 2 heterocycles. The lowest BCUT2D eigenvalue weighted by Crippen LogP contribution is -2.27. The minimum Gasteiger partial charge on any atom is -0.395 e. The van der Waals surface area contributed by atoms with Crippen molar-refractivity contribution in [1.82, 2.24) is 9.97 Å². The number of rotatable bonds is 5. The second-order valence-corrected chi connectivity index (χ2v) is 5.95. The SMILES string of the molecule is CCN(CCO)c1nc(C)nc2scc(-c3ccccc3)c12. The molecule has 0 amide bonds. The Morgan fingerprint density at radius 3 is 2.64 bits per heavy atom. The van der Waals surface area contributed by atoms with Gasteiger partial charge in [0.25, 0.3) is 0 Å². The zero-order valence-corrected chi connectivity index (χ0v) is 13.6. The number of thiophene rings is 1. The van der Waals surface area contributed by atoms with Crippen molar-refractivity contribution in [3.05, 3.63) is 41.5 Å². The van der Waals surface area contributed by atoms with Gasteiger partial charge in [0.15, 0.2) is 0 Å². The van der Waals surface area contributed by atoms with Crippen molar-refractivity contribution in [3.63, 3.8) is 0 Å². The lowest BCUT2D eigenvalue weighted by molar-refractivity contribution is 0.302. The molecule has 114 valence electrons. The van der Waals surface area contributed by atoms with Crippen molar-refractivity contribution in [3.8, 4) is 11.1 Å². The van der Waals surface area contributed by atoms with Crippen LogP contribution in [0.25, 0.3) is 21.3 Å². The van der Waals surface area contributed by atoms with E-state index in [1.165, 1.54) is 5.56 Å². The van der Waals surface area contributed by atoms with Crippen LogP contribution in [0.1, 0.15) is 12.7 Å². The Labute approximate surface area is 134 Å². The summed E-state index contributed by atoms with van der Waals surface area (Å²) in [6.45, 7) is 5.48. The van der Waals surface area contributed by atoms with Gasteiger partial charge in [-0.1, -0.05) is 30.3 Å². The maximum atomic E-state index is 9.32. The van der Waals surface area contributed by atoms with Crippen LogP contribution in [0.4, 0.5) is 5.82 Å². The average molecular weight is 313 g/mol. The number of hydrogen-bond donors (Lipinski definition) is 1. The van der Waals surface area contributed by atoms with E-state index in [-0.39, 0.29) is 6.61 Å². The van der Waals surface area contributed by atoms with Gasteiger partial charge in [0.2, 0.25) is 0 Å². The van der Waals surface area contributed by atoms with Crippen LogP contribution in [0.3, 0.4) is 0 Å². The third-order valence-electron chi connectivity index (χ3n) is 3.66. The molecule has 0 saturated carbocycles. The lowest BCUT2D eigenvalue weighted by Gasteiger charge is -2.22. The van der Waals surface area contributed by atoms with Crippen molar-refractivity contribution in [2.75, 3.05) is 24.6 Å². The number of hydrogen-bond acceptors (Lipinski definition) is 5. The van der Waals surface area contributed by atoms with Crippen LogP contribution in [0.15, 0.2) is 35.7 Å². The summed E-state index contributed by atoms with van der Waals surface area (Å²) in [4.78, 5) is 12.3. The summed E-state index contributed by atoms with van der Waals surface area (Å²) >= 11 is 1.64. The summed E-state index contributed by atoms with van der Waals surface area (Å²) in [7, 11) is 0. The third-order valence-corrected chi connectivity index (χ3v) is 4.53. The number of nitrogens with zero attached hydrogens (tertiary/aromatic N) is 3. The van der Waals surface area contributed by atoms with Crippen molar-refractivity contribution in [2.45, 2.75) is 13.8 Å². The van der Waals surface area contributed by atoms with Gasteiger partial charge in [-0.3, -0.25) is 0 Å². The van der Waals surface area contributed by atoms with Crippen molar-refractivity contribution < 1.29 is 5.11 Å². The highest BCUT2D eigenvalue weighted by Crippen LogP contribution is 2.38. The van der Waals surface area contributed by atoms with Gasteiger partial charge in [-0.2, -0.15) is 0 Å². The second kappa shape index (κ2) is 6.42. The van der Waals surface area contributed by atoms with Gasteiger partial charge in [-0.15, -0.1) is 11.3 Å². The Balaban J connectivity index is 2.24. The monoisotopic (exact) mass is 313 g/mol. The smallest absolute Gasteiger partial charge is 0.141 e. The molecule has 0 unspecified atom stereocenters.